The zero-order chi connectivity index (χ0) is 31.0. The van der Waals surface area contributed by atoms with Crippen molar-refractivity contribution in [3.05, 3.63) is 114 Å². The van der Waals surface area contributed by atoms with E-state index in [1.807, 2.05) is 60.7 Å². The van der Waals surface area contributed by atoms with Crippen molar-refractivity contribution < 1.29 is 27.0 Å². The first kappa shape index (κ1) is 31.3. The molecule has 2 atom stereocenters. The van der Waals surface area contributed by atoms with Crippen molar-refractivity contribution in [3.63, 3.8) is 0 Å². The molecule has 14 heteroatoms. The number of carbonyl (C=O) groups is 2. The molecule has 43 heavy (non-hydrogen) atoms. The van der Waals surface area contributed by atoms with Crippen LogP contribution in [-0.2, 0) is 34.9 Å². The molecule has 2 amide bonds. The number of nitrogens with one attached hydrogen (secondary N) is 2. The molecule has 5 rings (SSSR count). The monoisotopic (exact) mass is 611 g/mol. The number of benzene rings is 2. The van der Waals surface area contributed by atoms with Gasteiger partial charge in [0, 0.05) is 36.7 Å². The number of fused-ring (bicyclic) bond motifs is 1. The maximum atomic E-state index is 13.0. The van der Waals surface area contributed by atoms with Gasteiger partial charge in [-0.25, -0.2) is 23.6 Å². The average Bonchev–Trinajstić information content (AvgIpc) is 3.44. The highest BCUT2D eigenvalue weighted by atomic mass is 32.2. The Morgan fingerprint density at radius 3 is 2.42 bits per heavy atom. The van der Waals surface area contributed by atoms with Crippen molar-refractivity contribution >= 4 is 28.6 Å². The van der Waals surface area contributed by atoms with E-state index >= 15 is 0 Å². The lowest BCUT2D eigenvalue weighted by Gasteiger charge is -2.32. The molecule has 224 valence electrons. The zero-order valence-corrected chi connectivity index (χ0v) is 23.8. The highest BCUT2D eigenvalue weighted by Crippen LogP contribution is 2.30. The van der Waals surface area contributed by atoms with Gasteiger partial charge < -0.3 is 5.32 Å². The van der Waals surface area contributed by atoms with E-state index in [0.717, 1.165) is 23.0 Å². The van der Waals surface area contributed by atoms with Crippen LogP contribution in [-0.4, -0.2) is 48.4 Å². The van der Waals surface area contributed by atoms with Crippen molar-refractivity contribution in [2.24, 2.45) is 0 Å². The Kier molecular flexibility index (Phi) is 10.2. The Balaban J connectivity index is 0.000000296. The molecular formula is C29H28F3N7O3S. The lowest BCUT2D eigenvalue weighted by Crippen LogP contribution is -2.53. The van der Waals surface area contributed by atoms with E-state index in [2.05, 4.69) is 31.7 Å². The summed E-state index contributed by atoms with van der Waals surface area (Å²) in [5.74, 6) is -1.41. The third-order valence-electron chi connectivity index (χ3n) is 6.24. The van der Waals surface area contributed by atoms with Crippen LogP contribution in [0.1, 0.15) is 34.4 Å². The number of alkyl halides is 3. The summed E-state index contributed by atoms with van der Waals surface area (Å²) in [5, 5.41) is 8.21. The van der Waals surface area contributed by atoms with Crippen LogP contribution in [0.25, 0.3) is 5.69 Å². The quantitative estimate of drug-likeness (QED) is 0.311. The molecule has 0 radical (unpaired) electrons. The molecule has 0 fully saturated rings. The summed E-state index contributed by atoms with van der Waals surface area (Å²) in [6.07, 6.45) is -2.11. The summed E-state index contributed by atoms with van der Waals surface area (Å²) in [4.78, 5) is 33.9. The Labute approximate surface area is 248 Å². The summed E-state index contributed by atoms with van der Waals surface area (Å²) < 4.78 is 53.9. The molecule has 2 aromatic carbocycles. The predicted molar refractivity (Wildman–Crippen MR) is 155 cm³/mol. The number of halogens is 3. The van der Waals surface area contributed by atoms with Crippen molar-refractivity contribution in [1.29, 1.82) is 0 Å². The highest BCUT2D eigenvalue weighted by molar-refractivity contribution is 7.85. The van der Waals surface area contributed by atoms with Crippen LogP contribution in [0, 0.1) is 0 Å². The fourth-order valence-electron chi connectivity index (χ4n) is 4.24. The molecule has 10 nitrogen and oxygen atoms in total. The Morgan fingerprint density at radius 2 is 1.79 bits per heavy atom. The van der Waals surface area contributed by atoms with E-state index in [4.69, 9.17) is 0 Å². The molecule has 2 aromatic heterocycles. The Morgan fingerprint density at radius 1 is 1.12 bits per heavy atom. The van der Waals surface area contributed by atoms with Crippen LogP contribution in [0.3, 0.4) is 0 Å². The van der Waals surface area contributed by atoms with Gasteiger partial charge >= 0.3 is 6.18 Å². The number of likely N-dealkylation sites (N-methyl/N-ethyl adjacent to an activating group) is 1. The summed E-state index contributed by atoms with van der Waals surface area (Å²) in [7, 11) is -1.11. The third kappa shape index (κ3) is 7.78. The second-order valence-electron chi connectivity index (χ2n) is 9.09. The van der Waals surface area contributed by atoms with Gasteiger partial charge in [-0.05, 0) is 30.7 Å². The number of amides is 2. The van der Waals surface area contributed by atoms with Gasteiger partial charge in [-0.2, -0.15) is 18.3 Å². The molecule has 0 bridgehead atoms. The number of rotatable bonds is 8. The maximum Gasteiger partial charge on any atom is 0.433 e. The molecular weight excluding hydrogens is 583 g/mol. The van der Waals surface area contributed by atoms with Crippen molar-refractivity contribution in [1.82, 2.24) is 29.8 Å². The number of para-hydroxylation sites is 1. The second-order valence-corrected chi connectivity index (χ2v) is 10.3. The van der Waals surface area contributed by atoms with Crippen LogP contribution < -0.4 is 14.9 Å². The molecule has 2 N–H and O–H groups in total. The minimum Gasteiger partial charge on any atom is -0.337 e. The number of anilines is 1. The molecule has 4 aromatic rings. The molecule has 0 saturated carbocycles. The van der Waals surface area contributed by atoms with Crippen molar-refractivity contribution in [2.75, 3.05) is 11.4 Å². The van der Waals surface area contributed by atoms with Crippen LogP contribution in [0.4, 0.5) is 19.0 Å². The zero-order valence-electron chi connectivity index (χ0n) is 23.0. The fraction of sp³-hybridized carbons (Fsp3) is 0.207. The largest absolute Gasteiger partial charge is 0.433 e. The summed E-state index contributed by atoms with van der Waals surface area (Å²) in [6.45, 7) is 6.12. The van der Waals surface area contributed by atoms with Crippen molar-refractivity contribution in [2.45, 2.75) is 32.1 Å². The number of nitrogens with zero attached hydrogens (tertiary/aromatic N) is 5. The lowest BCUT2D eigenvalue weighted by atomic mass is 10.0. The molecule has 1 aliphatic heterocycles. The summed E-state index contributed by atoms with van der Waals surface area (Å²) in [5.41, 5.74) is 1.38. The van der Waals surface area contributed by atoms with E-state index in [0.29, 0.717) is 25.0 Å². The van der Waals surface area contributed by atoms with Crippen LogP contribution in [0.15, 0.2) is 91.1 Å². The van der Waals surface area contributed by atoms with E-state index < -0.39 is 46.5 Å². The fourth-order valence-corrected chi connectivity index (χ4v) is 4.67. The lowest BCUT2D eigenvalue weighted by molar-refractivity contribution is -0.141. The Hall–Kier alpha value is -4.69. The number of hydrogen-bond donors (Lipinski definition) is 2. The highest BCUT2D eigenvalue weighted by Gasteiger charge is 2.37. The van der Waals surface area contributed by atoms with Gasteiger partial charge in [0.25, 0.3) is 11.8 Å². The molecule has 2 unspecified atom stereocenters. The maximum absolute atomic E-state index is 13.0. The van der Waals surface area contributed by atoms with Crippen LogP contribution in [0.2, 0.25) is 0 Å². The van der Waals surface area contributed by atoms with E-state index in [1.165, 1.54) is 10.3 Å². The number of carbonyl (C=O) groups excluding carboxylic acids is 2. The number of hydrogen-bond acceptors (Lipinski definition) is 6. The van der Waals surface area contributed by atoms with Gasteiger partial charge in [-0.3, -0.25) is 14.5 Å². The molecule has 0 saturated heterocycles. The van der Waals surface area contributed by atoms with Gasteiger partial charge in [0.15, 0.2) is 0 Å². The first-order chi connectivity index (χ1) is 20.6. The minimum atomic E-state index is -4.71. The molecule has 3 heterocycles. The minimum absolute atomic E-state index is 0.141. The van der Waals surface area contributed by atoms with E-state index in [-0.39, 0.29) is 6.42 Å². The normalized spacial score (nSPS) is 15.1. The summed E-state index contributed by atoms with van der Waals surface area (Å²) >= 11 is 0. The van der Waals surface area contributed by atoms with Crippen molar-refractivity contribution in [3.8, 4) is 5.69 Å². The second kappa shape index (κ2) is 14.0. The standard InChI is InChI=1S/C20H17F3N6O2.C9H11NOS/c1-2-28-18-12(11-25-29(18)13-6-4-3-5-7-13)10-14(19(28)31)26-17(30)16-24-9-8-15(27-16)20(21,22)23;1-2-12(11)10-8-9-6-4-3-5-7-9/h3-9,11,14H,2,10H2,1H3,(H,26,30);2-7,10H,1,8H2. The van der Waals surface area contributed by atoms with Gasteiger partial charge in [-0.1, -0.05) is 55.1 Å². The van der Waals surface area contributed by atoms with E-state index in [9.17, 15) is 27.0 Å². The predicted octanol–water partition coefficient (Wildman–Crippen LogP) is 3.97. The van der Waals surface area contributed by atoms with Gasteiger partial charge in [0.05, 0.1) is 11.9 Å². The topological polar surface area (TPSA) is 122 Å². The molecule has 0 aliphatic carbocycles. The molecule has 1 aliphatic rings. The van der Waals surface area contributed by atoms with Crippen LogP contribution >= 0.6 is 0 Å². The smallest absolute Gasteiger partial charge is 0.337 e. The van der Waals surface area contributed by atoms with Gasteiger partial charge in [0.2, 0.25) is 5.82 Å². The van der Waals surface area contributed by atoms with Gasteiger partial charge in [-0.15, -0.1) is 0 Å². The first-order valence-corrected chi connectivity index (χ1v) is 14.3. The Bertz CT molecular complexity index is 1600. The first-order valence-electron chi connectivity index (χ1n) is 13.1. The van der Waals surface area contributed by atoms with E-state index in [1.54, 1.807) is 17.8 Å². The SMILES string of the molecule is C=CS(=O)NCc1ccccc1.CCN1C(=O)C(NC(=O)c2nccc(C(F)(F)F)n2)Cc2cnn(-c3ccccc3)c21. The van der Waals surface area contributed by atoms with Gasteiger partial charge in [0.1, 0.15) is 28.5 Å². The third-order valence-corrected chi connectivity index (χ3v) is 6.98. The number of aromatic nitrogens is 4. The average molecular weight is 612 g/mol. The molecule has 0 spiro atoms. The van der Waals surface area contributed by atoms with Crippen LogP contribution in [0.5, 0.6) is 0 Å². The summed E-state index contributed by atoms with van der Waals surface area (Å²) in [6, 6.07) is 18.8.